The summed E-state index contributed by atoms with van der Waals surface area (Å²) in [4.78, 5) is 0. The average Bonchev–Trinajstić information content (AvgIpc) is 2.15. The molecule has 0 radical (unpaired) electrons. The Hall–Kier alpha value is 0.828. The monoisotopic (exact) mass is 368 g/mol. The van der Waals surface area contributed by atoms with Gasteiger partial charge < -0.3 is 4.43 Å². The Morgan fingerprint density at radius 3 is 1.10 bits per heavy atom. The molecular formula is C16H42OSi4. The first-order valence-corrected chi connectivity index (χ1v) is 20.3. The van der Waals surface area contributed by atoms with E-state index in [4.69, 9.17) is 12.7 Å². The molecule has 0 bridgehead atoms. The highest BCUT2D eigenvalue weighted by Gasteiger charge is 2.68. The van der Waals surface area contributed by atoms with E-state index in [1.54, 1.807) is 20.8 Å². The van der Waals surface area contributed by atoms with Gasteiger partial charge in [0.2, 0.25) is 0 Å². The van der Waals surface area contributed by atoms with Crippen molar-refractivity contribution in [3.8, 4) is 0 Å². The Morgan fingerprint density at radius 1 is 0.667 bits per heavy atom. The van der Waals surface area contributed by atoms with Crippen LogP contribution in [-0.2, 0) is 4.43 Å². The number of hydrogen-bond donors (Lipinski definition) is 0. The Morgan fingerprint density at radius 2 is 0.952 bits per heavy atom. The lowest BCUT2D eigenvalue weighted by Gasteiger charge is -2.65. The maximum absolute atomic E-state index is 8.65. The quantitative estimate of drug-likeness (QED) is 0.511. The predicted molar refractivity (Wildman–Crippen MR) is 111 cm³/mol. The Bertz CT molecular complexity index is 480. The second kappa shape index (κ2) is 5.72. The van der Waals surface area contributed by atoms with E-state index in [1.807, 2.05) is 0 Å². The van der Waals surface area contributed by atoms with Gasteiger partial charge in [0, 0.05) is 38.0 Å². The molecule has 0 rings (SSSR count). The smallest absolute Gasteiger partial charge is 0.185 e. The van der Waals surface area contributed by atoms with E-state index in [1.165, 1.54) is 0 Å². The minimum Gasteiger partial charge on any atom is -0.413 e. The summed E-state index contributed by atoms with van der Waals surface area (Å²) < 4.78 is 57.7. The predicted octanol–water partition coefficient (Wildman–Crippen LogP) is 6.38. The summed E-state index contributed by atoms with van der Waals surface area (Å²) in [5.41, 5.74) is -0.834. The minimum atomic E-state index is -4.33. The van der Waals surface area contributed by atoms with Gasteiger partial charge in [-0.05, 0) is 37.6 Å². The summed E-state index contributed by atoms with van der Waals surface area (Å²) in [7, 11) is -11.3. The van der Waals surface area contributed by atoms with Gasteiger partial charge in [0.25, 0.3) is 0 Å². The van der Waals surface area contributed by atoms with E-state index in [0.717, 1.165) is 0 Å². The summed E-state index contributed by atoms with van der Waals surface area (Å²) >= 11 is 0. The molecule has 0 amide bonds. The first-order valence-electron chi connectivity index (χ1n) is 10.9. The van der Waals surface area contributed by atoms with E-state index >= 15 is 0 Å². The summed E-state index contributed by atoms with van der Waals surface area (Å²) in [6.45, 7) is 19.7. The lowest BCUT2D eigenvalue weighted by Crippen LogP contribution is -2.77. The fraction of sp³-hybridized carbons (Fsp3) is 1.00. The lowest BCUT2D eigenvalue weighted by atomic mass is 10.2. The van der Waals surface area contributed by atoms with Crippen molar-refractivity contribution in [1.82, 2.24) is 0 Å². The van der Waals surface area contributed by atoms with Gasteiger partial charge in [0.05, 0.1) is 0 Å². The molecule has 0 aromatic heterocycles. The third-order valence-corrected chi connectivity index (χ3v) is 36.5. The highest BCUT2D eigenvalue weighted by molar-refractivity contribution is 7.28. The van der Waals surface area contributed by atoms with Crippen LogP contribution in [0.5, 0.6) is 0 Å². The van der Waals surface area contributed by atoms with Crippen molar-refractivity contribution in [3.05, 3.63) is 0 Å². The van der Waals surface area contributed by atoms with E-state index in [9.17, 15) is 0 Å². The third-order valence-electron chi connectivity index (χ3n) is 4.36. The van der Waals surface area contributed by atoms with Crippen LogP contribution in [0.2, 0.25) is 75.8 Å². The van der Waals surface area contributed by atoms with Crippen molar-refractivity contribution < 1.29 is 12.7 Å². The molecule has 128 valence electrons. The molecule has 0 aliphatic carbocycles. The molecule has 1 nitrogen and oxygen atoms in total. The average molecular weight is 369 g/mol. The van der Waals surface area contributed by atoms with Gasteiger partial charge in [0.15, 0.2) is 8.32 Å². The van der Waals surface area contributed by atoms with E-state index in [-0.39, 0.29) is 0 Å². The molecule has 0 aliphatic rings. The molecule has 0 fully saturated rings. The van der Waals surface area contributed by atoms with Crippen molar-refractivity contribution in [2.24, 2.45) is 0 Å². The number of rotatable bonds is 5. The Labute approximate surface area is 147 Å². The maximum Gasteiger partial charge on any atom is 0.185 e. The van der Waals surface area contributed by atoms with Crippen LogP contribution >= 0.6 is 0 Å². The van der Waals surface area contributed by atoms with Gasteiger partial charge in [-0.25, -0.2) is 0 Å². The van der Waals surface area contributed by atoms with E-state index in [0.29, 0.717) is 0 Å². The molecule has 0 saturated carbocycles. The van der Waals surface area contributed by atoms with Crippen LogP contribution in [0.1, 0.15) is 29.0 Å². The summed E-state index contributed by atoms with van der Waals surface area (Å²) in [5.74, 6) is 0. The van der Waals surface area contributed by atoms with Crippen molar-refractivity contribution in [1.29, 1.82) is 0 Å². The maximum atomic E-state index is 8.65. The summed E-state index contributed by atoms with van der Waals surface area (Å²) in [6, 6.07) is 0. The Kier molecular flexibility index (Phi) is 3.58. The third kappa shape index (κ3) is 4.03. The van der Waals surface area contributed by atoms with Crippen molar-refractivity contribution >= 4 is 32.5 Å². The van der Waals surface area contributed by atoms with Gasteiger partial charge in [0.1, 0.15) is 0 Å². The second-order valence-corrected chi connectivity index (χ2v) is 31.5. The highest BCUT2D eigenvalue weighted by Crippen LogP contribution is 2.60. The second-order valence-electron chi connectivity index (χ2n) is 10.4. The van der Waals surface area contributed by atoms with Gasteiger partial charge in [-0.2, -0.15) is 0 Å². The van der Waals surface area contributed by atoms with Crippen LogP contribution in [-0.4, -0.2) is 38.1 Å². The zero-order chi connectivity index (χ0) is 22.7. The van der Waals surface area contributed by atoms with Gasteiger partial charge in [-0.1, -0.05) is 58.9 Å². The van der Waals surface area contributed by atoms with Crippen LogP contribution in [0.3, 0.4) is 0 Å². The standard InChI is InChI=1S/C16H42OSi4/c1-15(2,3)17-21(13,14)16(18(4,5)6,19(7,8)9)20(10,11)12/h1-14H3/i13D3,14D3. The zero-order valence-electron chi connectivity index (χ0n) is 22.4. The van der Waals surface area contributed by atoms with Crippen molar-refractivity contribution in [2.75, 3.05) is 0 Å². The molecule has 0 aliphatic heterocycles. The fourth-order valence-corrected chi connectivity index (χ4v) is 46.7. The van der Waals surface area contributed by atoms with E-state index < -0.39 is 55.0 Å². The van der Waals surface area contributed by atoms with Crippen molar-refractivity contribution in [3.63, 3.8) is 0 Å². The molecule has 5 heteroatoms. The van der Waals surface area contributed by atoms with Crippen LogP contribution < -0.4 is 0 Å². The molecule has 0 saturated heterocycles. The van der Waals surface area contributed by atoms with Gasteiger partial charge in [-0.15, -0.1) is 0 Å². The minimum absolute atomic E-state index is 0.691. The normalized spacial score (nSPS) is 21.7. The molecule has 0 unspecified atom stereocenters. The SMILES string of the molecule is [2H]C([2H])([2H])[Si](OC(C)(C)C)(C([2H])([2H])[2H])C([Si](C)(C)C)([Si](C)(C)C)[Si](C)(C)C. The molecule has 0 atom stereocenters. The molecule has 0 aromatic carbocycles. The zero-order valence-corrected chi connectivity index (χ0v) is 20.4. The first-order chi connectivity index (χ1) is 11.2. The molecule has 0 N–H and O–H groups in total. The molecular weight excluding hydrogens is 321 g/mol. The van der Waals surface area contributed by atoms with Gasteiger partial charge >= 0.3 is 0 Å². The topological polar surface area (TPSA) is 9.23 Å². The molecule has 21 heavy (non-hydrogen) atoms. The van der Waals surface area contributed by atoms with Crippen molar-refractivity contribution in [2.45, 2.75) is 102 Å². The first kappa shape index (κ1) is 13.2. The van der Waals surface area contributed by atoms with Crippen LogP contribution in [0, 0.1) is 0 Å². The fourth-order valence-electron chi connectivity index (χ4n) is 5.50. The molecule has 0 aromatic rings. The lowest BCUT2D eigenvalue weighted by molar-refractivity contribution is 0.119. The van der Waals surface area contributed by atoms with Crippen LogP contribution in [0.15, 0.2) is 0 Å². The van der Waals surface area contributed by atoms with Crippen LogP contribution in [0.25, 0.3) is 0 Å². The largest absolute Gasteiger partial charge is 0.413 e. The molecule has 0 spiro atoms. The highest BCUT2D eigenvalue weighted by atomic mass is 28.5. The van der Waals surface area contributed by atoms with Gasteiger partial charge in [-0.3, -0.25) is 0 Å². The molecule has 0 heterocycles. The Balaban J connectivity index is 7.98. The number of hydrogen-bond acceptors (Lipinski definition) is 1. The van der Waals surface area contributed by atoms with Crippen LogP contribution in [0.4, 0.5) is 0 Å². The summed E-state index contributed by atoms with van der Waals surface area (Å²) in [5, 5.41) is 0. The van der Waals surface area contributed by atoms with E-state index in [2.05, 4.69) is 58.9 Å². The summed E-state index contributed by atoms with van der Waals surface area (Å²) in [6.07, 6.45) is 0.